The number of aliphatic hydroxyl groups excluding tert-OH is 1. The number of benzene rings is 1. The standard InChI is InChI=1S/C12H14O/c1-5-11(13)12-9(3)6-8(2)7-10(12)4/h1,6-7,11,13H,2-4H3. The maximum absolute atomic E-state index is 9.55. The van der Waals surface area contributed by atoms with Gasteiger partial charge in [-0.2, -0.15) is 0 Å². The van der Waals surface area contributed by atoms with Gasteiger partial charge in [-0.05, 0) is 37.5 Å². The molecule has 0 saturated carbocycles. The lowest BCUT2D eigenvalue weighted by atomic mass is 9.96. The summed E-state index contributed by atoms with van der Waals surface area (Å²) in [4.78, 5) is 0. The van der Waals surface area contributed by atoms with Crippen molar-refractivity contribution >= 4 is 0 Å². The predicted octanol–water partition coefficient (Wildman–Crippen LogP) is 2.28. The number of aliphatic hydroxyl groups is 1. The van der Waals surface area contributed by atoms with Crippen LogP contribution in [0.2, 0.25) is 0 Å². The Morgan fingerprint density at radius 1 is 1.23 bits per heavy atom. The van der Waals surface area contributed by atoms with Gasteiger partial charge in [-0.15, -0.1) is 6.42 Å². The third-order valence-electron chi connectivity index (χ3n) is 2.17. The monoisotopic (exact) mass is 174 g/mol. The molecule has 0 saturated heterocycles. The zero-order valence-electron chi connectivity index (χ0n) is 8.26. The molecule has 0 bridgehead atoms. The molecule has 0 aliphatic heterocycles. The molecule has 1 heteroatoms. The van der Waals surface area contributed by atoms with Gasteiger partial charge >= 0.3 is 0 Å². The van der Waals surface area contributed by atoms with Crippen molar-refractivity contribution in [1.82, 2.24) is 0 Å². The van der Waals surface area contributed by atoms with Crippen LogP contribution in [0.25, 0.3) is 0 Å². The van der Waals surface area contributed by atoms with E-state index in [4.69, 9.17) is 6.42 Å². The SMILES string of the molecule is C#CC(O)c1c(C)cc(C)cc1C. The summed E-state index contributed by atoms with van der Waals surface area (Å²) in [6.45, 7) is 5.97. The van der Waals surface area contributed by atoms with Gasteiger partial charge in [0.05, 0.1) is 0 Å². The van der Waals surface area contributed by atoms with Crippen molar-refractivity contribution < 1.29 is 5.11 Å². The van der Waals surface area contributed by atoms with Crippen LogP contribution >= 0.6 is 0 Å². The van der Waals surface area contributed by atoms with Gasteiger partial charge < -0.3 is 5.11 Å². The second-order valence-electron chi connectivity index (χ2n) is 3.38. The smallest absolute Gasteiger partial charge is 0.140 e. The fraction of sp³-hybridized carbons (Fsp3) is 0.333. The van der Waals surface area contributed by atoms with E-state index < -0.39 is 6.10 Å². The topological polar surface area (TPSA) is 20.2 Å². The van der Waals surface area contributed by atoms with E-state index in [9.17, 15) is 5.11 Å². The van der Waals surface area contributed by atoms with Gasteiger partial charge in [0, 0.05) is 0 Å². The van der Waals surface area contributed by atoms with Crippen LogP contribution in [0.1, 0.15) is 28.4 Å². The van der Waals surface area contributed by atoms with Crippen LogP contribution in [0.3, 0.4) is 0 Å². The minimum absolute atomic E-state index is 0.777. The van der Waals surface area contributed by atoms with Gasteiger partial charge in [0.2, 0.25) is 0 Å². The second-order valence-corrected chi connectivity index (χ2v) is 3.38. The Balaban J connectivity index is 3.30. The molecule has 1 unspecified atom stereocenters. The first-order valence-corrected chi connectivity index (χ1v) is 4.28. The van der Waals surface area contributed by atoms with Gasteiger partial charge in [0.15, 0.2) is 0 Å². The highest BCUT2D eigenvalue weighted by atomic mass is 16.3. The number of aryl methyl sites for hydroxylation is 3. The average Bonchev–Trinajstić information content (AvgIpc) is 2.02. The molecule has 0 radical (unpaired) electrons. The maximum atomic E-state index is 9.55. The van der Waals surface area contributed by atoms with E-state index in [2.05, 4.69) is 5.92 Å². The Bertz CT molecular complexity index is 335. The van der Waals surface area contributed by atoms with Crippen molar-refractivity contribution in [2.75, 3.05) is 0 Å². The van der Waals surface area contributed by atoms with Crippen molar-refractivity contribution in [2.24, 2.45) is 0 Å². The van der Waals surface area contributed by atoms with Crippen LogP contribution in [0.5, 0.6) is 0 Å². The Hall–Kier alpha value is -1.26. The molecule has 1 N–H and O–H groups in total. The van der Waals surface area contributed by atoms with Crippen molar-refractivity contribution in [3.63, 3.8) is 0 Å². The summed E-state index contributed by atoms with van der Waals surface area (Å²) in [5, 5.41) is 9.55. The lowest BCUT2D eigenvalue weighted by Crippen LogP contribution is -2.00. The third-order valence-corrected chi connectivity index (χ3v) is 2.17. The summed E-state index contributed by atoms with van der Waals surface area (Å²) >= 11 is 0. The van der Waals surface area contributed by atoms with Crippen LogP contribution in [0, 0.1) is 33.1 Å². The quantitative estimate of drug-likeness (QED) is 0.647. The molecule has 0 aliphatic carbocycles. The summed E-state index contributed by atoms with van der Waals surface area (Å²) < 4.78 is 0. The molecular weight excluding hydrogens is 160 g/mol. The van der Waals surface area contributed by atoms with Gasteiger partial charge in [-0.3, -0.25) is 0 Å². The third kappa shape index (κ3) is 1.91. The van der Waals surface area contributed by atoms with E-state index in [1.807, 2.05) is 32.9 Å². The van der Waals surface area contributed by atoms with Gasteiger partial charge in [0.1, 0.15) is 6.10 Å². The largest absolute Gasteiger partial charge is 0.376 e. The van der Waals surface area contributed by atoms with Crippen molar-refractivity contribution in [3.8, 4) is 12.3 Å². The van der Waals surface area contributed by atoms with Crippen LogP contribution in [-0.4, -0.2) is 5.11 Å². The summed E-state index contributed by atoms with van der Waals surface area (Å²) in [7, 11) is 0. The van der Waals surface area contributed by atoms with Crippen LogP contribution < -0.4 is 0 Å². The molecule has 0 amide bonds. The van der Waals surface area contributed by atoms with E-state index in [0.29, 0.717) is 0 Å². The second kappa shape index (κ2) is 3.64. The fourth-order valence-corrected chi connectivity index (χ4v) is 1.71. The number of hydrogen-bond acceptors (Lipinski definition) is 1. The highest BCUT2D eigenvalue weighted by Gasteiger charge is 2.10. The number of hydrogen-bond donors (Lipinski definition) is 1. The highest BCUT2D eigenvalue weighted by molar-refractivity contribution is 5.41. The Morgan fingerprint density at radius 2 is 1.69 bits per heavy atom. The molecule has 1 aromatic rings. The van der Waals surface area contributed by atoms with Crippen molar-refractivity contribution in [2.45, 2.75) is 26.9 Å². The van der Waals surface area contributed by atoms with Gasteiger partial charge in [0.25, 0.3) is 0 Å². The first-order valence-electron chi connectivity index (χ1n) is 4.28. The Kier molecular flexibility index (Phi) is 2.75. The molecule has 1 aromatic carbocycles. The van der Waals surface area contributed by atoms with E-state index in [1.165, 1.54) is 5.56 Å². The molecule has 1 atom stereocenters. The number of terminal acetylenes is 1. The number of rotatable bonds is 1. The Labute approximate surface area is 79.4 Å². The summed E-state index contributed by atoms with van der Waals surface area (Å²) in [5.74, 6) is 2.34. The molecule has 68 valence electrons. The Morgan fingerprint density at radius 3 is 2.08 bits per heavy atom. The molecule has 0 heterocycles. The van der Waals surface area contributed by atoms with E-state index in [0.717, 1.165) is 16.7 Å². The van der Waals surface area contributed by atoms with Gasteiger partial charge in [-0.25, -0.2) is 0 Å². The summed E-state index contributed by atoms with van der Waals surface area (Å²) in [6, 6.07) is 4.06. The summed E-state index contributed by atoms with van der Waals surface area (Å²) in [6.07, 6.45) is 4.40. The molecule has 1 rings (SSSR count). The molecule has 0 spiro atoms. The molecule has 0 fully saturated rings. The van der Waals surface area contributed by atoms with Gasteiger partial charge in [-0.1, -0.05) is 23.6 Å². The van der Waals surface area contributed by atoms with E-state index in [-0.39, 0.29) is 0 Å². The molecule has 0 aromatic heterocycles. The van der Waals surface area contributed by atoms with Crippen molar-refractivity contribution in [1.29, 1.82) is 0 Å². The first-order chi connectivity index (χ1) is 6.06. The lowest BCUT2D eigenvalue weighted by Gasteiger charge is -2.12. The lowest BCUT2D eigenvalue weighted by molar-refractivity contribution is 0.237. The van der Waals surface area contributed by atoms with Crippen LogP contribution in [0.15, 0.2) is 12.1 Å². The molecule has 13 heavy (non-hydrogen) atoms. The van der Waals surface area contributed by atoms with Crippen molar-refractivity contribution in [3.05, 3.63) is 34.4 Å². The minimum Gasteiger partial charge on any atom is -0.376 e. The van der Waals surface area contributed by atoms with Crippen LogP contribution in [0.4, 0.5) is 0 Å². The fourth-order valence-electron chi connectivity index (χ4n) is 1.71. The molecular formula is C12H14O. The predicted molar refractivity (Wildman–Crippen MR) is 54.4 cm³/mol. The van der Waals surface area contributed by atoms with E-state index >= 15 is 0 Å². The summed E-state index contributed by atoms with van der Waals surface area (Å²) in [5.41, 5.74) is 4.18. The minimum atomic E-state index is -0.777. The molecule has 0 aliphatic rings. The average molecular weight is 174 g/mol. The zero-order chi connectivity index (χ0) is 10.0. The van der Waals surface area contributed by atoms with E-state index in [1.54, 1.807) is 0 Å². The normalized spacial score (nSPS) is 12.2. The first kappa shape index (κ1) is 9.83. The molecule has 1 nitrogen and oxygen atoms in total. The highest BCUT2D eigenvalue weighted by Crippen LogP contribution is 2.22. The van der Waals surface area contributed by atoms with Crippen LogP contribution in [-0.2, 0) is 0 Å². The maximum Gasteiger partial charge on any atom is 0.140 e. The zero-order valence-corrected chi connectivity index (χ0v) is 8.26.